The summed E-state index contributed by atoms with van der Waals surface area (Å²) in [6.45, 7) is 5.96. The largest absolute Gasteiger partial charge is 0.433 e. The van der Waals surface area contributed by atoms with Gasteiger partial charge in [-0.2, -0.15) is 13.2 Å². The van der Waals surface area contributed by atoms with E-state index >= 15 is 0 Å². The first kappa shape index (κ1) is 25.7. The van der Waals surface area contributed by atoms with Crippen molar-refractivity contribution in [2.75, 3.05) is 11.1 Å². The highest BCUT2D eigenvalue weighted by molar-refractivity contribution is 6.10. The molecule has 0 unspecified atom stereocenters. The first-order valence-corrected chi connectivity index (χ1v) is 10.8. The van der Waals surface area contributed by atoms with Gasteiger partial charge in [-0.3, -0.25) is 23.9 Å². The normalized spacial score (nSPS) is 12.6. The quantitative estimate of drug-likeness (QED) is 0.421. The fourth-order valence-corrected chi connectivity index (χ4v) is 3.33. The molecule has 0 saturated carbocycles. The fourth-order valence-electron chi connectivity index (χ4n) is 3.33. The van der Waals surface area contributed by atoms with Gasteiger partial charge in [0, 0.05) is 25.5 Å². The molecule has 35 heavy (non-hydrogen) atoms. The molecule has 1 aromatic carbocycles. The molecule has 0 bridgehead atoms. The van der Waals surface area contributed by atoms with Gasteiger partial charge in [0.25, 0.3) is 5.56 Å². The van der Waals surface area contributed by atoms with Gasteiger partial charge in [0.2, 0.25) is 0 Å². The molecule has 0 aliphatic heterocycles. The smallest absolute Gasteiger partial charge is 0.384 e. The van der Waals surface area contributed by atoms with E-state index < -0.39 is 23.1 Å². The molecule has 0 spiro atoms. The number of nitrogen functional groups attached to an aromatic ring is 1. The van der Waals surface area contributed by atoms with Crippen molar-refractivity contribution in [3.8, 4) is 0 Å². The number of pyridine rings is 1. The van der Waals surface area contributed by atoms with Gasteiger partial charge in [0.05, 0.1) is 6.54 Å². The van der Waals surface area contributed by atoms with Crippen molar-refractivity contribution < 1.29 is 13.2 Å². The molecule has 0 saturated heterocycles. The van der Waals surface area contributed by atoms with Crippen molar-refractivity contribution >= 4 is 17.3 Å². The molecule has 0 radical (unpaired) electrons. The summed E-state index contributed by atoms with van der Waals surface area (Å²) in [7, 11) is 1.35. The van der Waals surface area contributed by atoms with Gasteiger partial charge in [-0.15, -0.1) is 0 Å². The number of aromatic nitrogens is 3. The minimum Gasteiger partial charge on any atom is -0.384 e. The molecule has 3 rings (SSSR count). The van der Waals surface area contributed by atoms with E-state index in [0.717, 1.165) is 16.8 Å². The number of alkyl halides is 3. The highest BCUT2D eigenvalue weighted by atomic mass is 19.4. The molecule has 0 fully saturated rings. The van der Waals surface area contributed by atoms with Crippen LogP contribution in [0.15, 0.2) is 63.2 Å². The van der Waals surface area contributed by atoms with Crippen LogP contribution in [-0.4, -0.2) is 20.0 Å². The van der Waals surface area contributed by atoms with Crippen LogP contribution in [0.1, 0.15) is 37.6 Å². The molecule has 0 aliphatic rings. The Labute approximate surface area is 200 Å². The molecule has 186 valence electrons. The molecule has 2 heterocycles. The van der Waals surface area contributed by atoms with Crippen LogP contribution in [-0.2, 0) is 26.3 Å². The van der Waals surface area contributed by atoms with Crippen LogP contribution >= 0.6 is 0 Å². The summed E-state index contributed by atoms with van der Waals surface area (Å²) < 4.78 is 40.8. The van der Waals surface area contributed by atoms with Crippen molar-refractivity contribution in [1.29, 1.82) is 0 Å². The lowest BCUT2D eigenvalue weighted by Crippen LogP contribution is -2.45. The highest BCUT2D eigenvalue weighted by Gasteiger charge is 2.32. The molecule has 0 aliphatic carbocycles. The molecule has 3 aromatic rings. The number of nitrogens with two attached hydrogens (primary N) is 1. The van der Waals surface area contributed by atoms with Gasteiger partial charge in [-0.25, -0.2) is 4.79 Å². The summed E-state index contributed by atoms with van der Waals surface area (Å²) in [5, 5.41) is 3.06. The number of nitrogens with one attached hydrogen (secondary N) is 1. The lowest BCUT2D eigenvalue weighted by atomic mass is 9.97. The SMILES string of the molecule is Cn1c(=O)c(C(=NCc2ccc(C(F)(F)F)nc2)Nc2ccccc2)c(N)n(CC(C)(C)C)c1=O. The average Bonchev–Trinajstić information content (AvgIpc) is 2.78. The summed E-state index contributed by atoms with van der Waals surface area (Å²) in [5.41, 5.74) is 4.79. The third-order valence-corrected chi connectivity index (χ3v) is 5.02. The Hall–Kier alpha value is -3.89. The Morgan fingerprint density at radius 3 is 2.29 bits per heavy atom. The first-order chi connectivity index (χ1) is 16.3. The van der Waals surface area contributed by atoms with E-state index in [1.54, 1.807) is 24.3 Å². The van der Waals surface area contributed by atoms with Crippen LogP contribution in [0.2, 0.25) is 0 Å². The zero-order valence-electron chi connectivity index (χ0n) is 19.8. The molecule has 3 N–H and O–H groups in total. The van der Waals surface area contributed by atoms with Crippen molar-refractivity contribution in [2.24, 2.45) is 17.5 Å². The molecule has 11 heteroatoms. The lowest BCUT2D eigenvalue weighted by molar-refractivity contribution is -0.141. The number of halogens is 3. The summed E-state index contributed by atoms with van der Waals surface area (Å²) in [6.07, 6.45) is -3.47. The van der Waals surface area contributed by atoms with Gasteiger partial charge in [0.1, 0.15) is 22.9 Å². The van der Waals surface area contributed by atoms with Crippen LogP contribution in [0.4, 0.5) is 24.7 Å². The maximum atomic E-state index is 13.1. The van der Waals surface area contributed by atoms with Crippen molar-refractivity contribution in [1.82, 2.24) is 14.1 Å². The first-order valence-electron chi connectivity index (χ1n) is 10.8. The number of hydrogen-bond donors (Lipinski definition) is 2. The lowest BCUT2D eigenvalue weighted by Gasteiger charge is -2.23. The minimum atomic E-state index is -4.55. The van der Waals surface area contributed by atoms with E-state index in [2.05, 4.69) is 15.3 Å². The van der Waals surface area contributed by atoms with Crippen LogP contribution < -0.4 is 22.3 Å². The van der Waals surface area contributed by atoms with Crippen LogP contribution in [0.5, 0.6) is 0 Å². The van der Waals surface area contributed by atoms with E-state index in [1.807, 2.05) is 26.8 Å². The molecule has 0 atom stereocenters. The molecule has 0 amide bonds. The standard InChI is InChI=1S/C24H27F3N6O2/c1-23(2,3)14-33-19(28)18(21(34)32(4)22(33)35)20(31-16-8-6-5-7-9-16)30-13-15-10-11-17(29-12-15)24(25,26)27/h5-12H,13-14,28H2,1-4H3,(H,30,31). The maximum Gasteiger partial charge on any atom is 0.433 e. The fraction of sp³-hybridized carbons (Fsp3) is 0.333. The zero-order valence-corrected chi connectivity index (χ0v) is 19.8. The summed E-state index contributed by atoms with van der Waals surface area (Å²) in [4.78, 5) is 33.8. The number of nitrogens with zero attached hydrogens (tertiary/aromatic N) is 4. The van der Waals surface area contributed by atoms with Gasteiger partial charge >= 0.3 is 11.9 Å². The van der Waals surface area contributed by atoms with Gasteiger partial charge in [-0.1, -0.05) is 45.0 Å². The third kappa shape index (κ3) is 6.17. The van der Waals surface area contributed by atoms with Crippen LogP contribution in [0, 0.1) is 5.41 Å². The zero-order chi connectivity index (χ0) is 26.0. The second-order valence-electron chi connectivity index (χ2n) is 9.26. The maximum absolute atomic E-state index is 13.1. The van der Waals surface area contributed by atoms with Crippen molar-refractivity contribution in [2.45, 2.75) is 40.0 Å². The second kappa shape index (κ2) is 9.77. The molecule has 8 nitrogen and oxygen atoms in total. The second-order valence-corrected chi connectivity index (χ2v) is 9.26. The van der Waals surface area contributed by atoms with Crippen LogP contribution in [0.25, 0.3) is 0 Å². The minimum absolute atomic E-state index is 0.0138. The number of anilines is 2. The van der Waals surface area contributed by atoms with Crippen molar-refractivity contribution in [3.05, 3.63) is 86.3 Å². The van der Waals surface area contributed by atoms with E-state index in [0.29, 0.717) is 11.3 Å². The molecular formula is C24H27F3N6O2. The topological polar surface area (TPSA) is 107 Å². The molecule has 2 aromatic heterocycles. The van der Waals surface area contributed by atoms with Gasteiger partial charge in [0.15, 0.2) is 0 Å². The number of benzene rings is 1. The Bertz CT molecular complexity index is 1340. The Kier molecular flexibility index (Phi) is 7.18. The van der Waals surface area contributed by atoms with E-state index in [4.69, 9.17) is 5.73 Å². The summed E-state index contributed by atoms with van der Waals surface area (Å²) in [5.74, 6) is 0.0256. The van der Waals surface area contributed by atoms with E-state index in [-0.39, 0.29) is 35.7 Å². The van der Waals surface area contributed by atoms with Crippen molar-refractivity contribution in [3.63, 3.8) is 0 Å². The predicted molar refractivity (Wildman–Crippen MR) is 129 cm³/mol. The monoisotopic (exact) mass is 488 g/mol. The van der Waals surface area contributed by atoms with Gasteiger partial charge < -0.3 is 11.1 Å². The average molecular weight is 489 g/mol. The number of hydrogen-bond acceptors (Lipinski definition) is 5. The summed E-state index contributed by atoms with van der Waals surface area (Å²) >= 11 is 0. The van der Waals surface area contributed by atoms with E-state index in [9.17, 15) is 22.8 Å². The summed E-state index contributed by atoms with van der Waals surface area (Å²) in [6, 6.07) is 11.0. The third-order valence-electron chi connectivity index (χ3n) is 5.02. The van der Waals surface area contributed by atoms with Gasteiger partial charge in [-0.05, 0) is 29.2 Å². The number of para-hydroxylation sites is 1. The molecular weight excluding hydrogens is 461 g/mol. The van der Waals surface area contributed by atoms with E-state index in [1.165, 1.54) is 17.7 Å². The predicted octanol–water partition coefficient (Wildman–Crippen LogP) is 3.65. The number of rotatable bonds is 5. The van der Waals surface area contributed by atoms with Crippen LogP contribution in [0.3, 0.4) is 0 Å². The Morgan fingerprint density at radius 1 is 1.09 bits per heavy atom. The highest BCUT2D eigenvalue weighted by Crippen LogP contribution is 2.27. The number of aliphatic imine (C=N–C) groups is 1. The number of amidine groups is 1. The Morgan fingerprint density at radius 2 is 1.74 bits per heavy atom. The Balaban J connectivity index is 2.13.